The van der Waals surface area contributed by atoms with Crippen LogP contribution in [0.3, 0.4) is 0 Å². The third-order valence-corrected chi connectivity index (χ3v) is 8.93. The maximum absolute atomic E-state index is 13.8. The standard InChI is InChI=1S/C33H39FN8O2/c1-21-7-6-8-24-15-36-17-29(30(21)24)40-12-11-27-28(20-40)37-33(44-22(2)18-39(5)25-9-10-25)38-31(27)41-13-14-42(32(43)23(3)34)26(19-41)16-35-4/h6-8,15,17,22,25-26H,3,9-14,16,18-20H2,1-2,5H3/t22-,26-/m0/s1. The second kappa shape index (κ2) is 12.4. The van der Waals surface area contributed by atoms with Crippen LogP contribution in [-0.2, 0) is 17.8 Å². The zero-order valence-corrected chi connectivity index (χ0v) is 25.7. The summed E-state index contributed by atoms with van der Waals surface area (Å²) in [6.07, 6.45) is 6.86. The highest BCUT2D eigenvalue weighted by atomic mass is 19.1. The van der Waals surface area contributed by atoms with Crippen molar-refractivity contribution >= 4 is 28.2 Å². The molecule has 2 aliphatic heterocycles. The van der Waals surface area contributed by atoms with Crippen LogP contribution in [0.15, 0.2) is 43.0 Å². The van der Waals surface area contributed by atoms with Crippen molar-refractivity contribution < 1.29 is 13.9 Å². The number of carbonyl (C=O) groups is 1. The smallest absolute Gasteiger partial charge is 0.318 e. The van der Waals surface area contributed by atoms with Crippen LogP contribution in [0.5, 0.6) is 6.01 Å². The number of hydrogen-bond donors (Lipinski definition) is 0. The molecule has 1 amide bonds. The van der Waals surface area contributed by atoms with Gasteiger partial charge in [-0.3, -0.25) is 14.7 Å². The Morgan fingerprint density at radius 3 is 2.80 bits per heavy atom. The Morgan fingerprint density at radius 2 is 2.05 bits per heavy atom. The van der Waals surface area contributed by atoms with Crippen LogP contribution in [0, 0.1) is 13.5 Å². The molecule has 44 heavy (non-hydrogen) atoms. The zero-order valence-electron chi connectivity index (χ0n) is 25.7. The zero-order chi connectivity index (χ0) is 31.0. The number of aryl methyl sites for hydroxylation is 1. The highest BCUT2D eigenvalue weighted by Gasteiger charge is 2.36. The number of benzene rings is 1. The molecule has 0 spiro atoms. The van der Waals surface area contributed by atoms with E-state index < -0.39 is 17.8 Å². The summed E-state index contributed by atoms with van der Waals surface area (Å²) in [5.41, 5.74) is 4.20. The molecule has 0 N–H and O–H groups in total. The lowest BCUT2D eigenvalue weighted by atomic mass is 10.0. The van der Waals surface area contributed by atoms with Gasteiger partial charge in [0.05, 0.1) is 24.1 Å². The van der Waals surface area contributed by atoms with Crippen LogP contribution >= 0.6 is 0 Å². The lowest BCUT2D eigenvalue weighted by molar-refractivity contribution is -0.131. The van der Waals surface area contributed by atoms with E-state index in [-0.39, 0.29) is 19.2 Å². The lowest BCUT2D eigenvalue weighted by Crippen LogP contribution is -2.57. The van der Waals surface area contributed by atoms with Gasteiger partial charge in [-0.05, 0) is 45.7 Å². The minimum Gasteiger partial charge on any atom is -0.459 e. The number of halogens is 1. The van der Waals surface area contributed by atoms with Gasteiger partial charge in [-0.25, -0.2) is 11.0 Å². The van der Waals surface area contributed by atoms with E-state index in [1.54, 1.807) is 0 Å². The predicted octanol–water partition coefficient (Wildman–Crippen LogP) is 4.18. The summed E-state index contributed by atoms with van der Waals surface area (Å²) < 4.78 is 20.2. The van der Waals surface area contributed by atoms with Gasteiger partial charge in [0.25, 0.3) is 5.91 Å². The Balaban J connectivity index is 1.33. The van der Waals surface area contributed by atoms with Gasteiger partial charge in [0.15, 0.2) is 5.83 Å². The van der Waals surface area contributed by atoms with E-state index in [0.717, 1.165) is 41.2 Å². The average molecular weight is 599 g/mol. The van der Waals surface area contributed by atoms with Gasteiger partial charge in [-0.2, -0.15) is 9.97 Å². The van der Waals surface area contributed by atoms with Crippen molar-refractivity contribution in [3.05, 3.63) is 71.2 Å². The molecular formula is C33H39FN8O2. The minimum absolute atomic E-state index is 0.0674. The van der Waals surface area contributed by atoms with E-state index in [4.69, 9.17) is 21.3 Å². The van der Waals surface area contributed by atoms with Crippen LogP contribution < -0.4 is 14.5 Å². The van der Waals surface area contributed by atoms with E-state index in [9.17, 15) is 9.18 Å². The van der Waals surface area contributed by atoms with Crippen LogP contribution in [-0.4, -0.2) is 95.2 Å². The first-order chi connectivity index (χ1) is 21.2. The van der Waals surface area contributed by atoms with Crippen molar-refractivity contribution in [2.45, 2.75) is 57.8 Å². The second-order valence-electron chi connectivity index (χ2n) is 12.2. The highest BCUT2D eigenvalue weighted by Crippen LogP contribution is 2.35. The van der Waals surface area contributed by atoms with Gasteiger partial charge in [-0.1, -0.05) is 24.8 Å². The Labute approximate surface area is 258 Å². The van der Waals surface area contributed by atoms with Crippen LogP contribution in [0.25, 0.3) is 15.6 Å². The molecule has 2 aromatic heterocycles. The topological polar surface area (TPSA) is 82.3 Å². The molecule has 1 aliphatic carbocycles. The van der Waals surface area contributed by atoms with Crippen LogP contribution in [0.1, 0.15) is 36.6 Å². The van der Waals surface area contributed by atoms with E-state index >= 15 is 0 Å². The number of likely N-dealkylation sites (N-methyl/N-ethyl adjacent to an activating group) is 1. The molecule has 6 rings (SSSR count). The van der Waals surface area contributed by atoms with Gasteiger partial charge in [-0.15, -0.1) is 0 Å². The number of hydrogen-bond acceptors (Lipinski definition) is 8. The number of anilines is 2. The highest BCUT2D eigenvalue weighted by molar-refractivity contribution is 5.96. The number of ether oxygens (including phenoxy) is 1. The second-order valence-corrected chi connectivity index (χ2v) is 12.2. The summed E-state index contributed by atoms with van der Waals surface area (Å²) in [5.74, 6) is -0.997. The third kappa shape index (κ3) is 6.04. The first-order valence-electron chi connectivity index (χ1n) is 15.3. The van der Waals surface area contributed by atoms with Crippen molar-refractivity contribution in [1.82, 2.24) is 24.8 Å². The molecule has 230 valence electrons. The number of fused-ring (bicyclic) bond motifs is 2. The van der Waals surface area contributed by atoms with E-state index in [2.05, 4.69) is 63.3 Å². The van der Waals surface area contributed by atoms with E-state index in [0.29, 0.717) is 38.1 Å². The Bertz CT molecular complexity index is 1610. The molecule has 0 unspecified atom stereocenters. The summed E-state index contributed by atoms with van der Waals surface area (Å²) in [4.78, 5) is 38.7. The van der Waals surface area contributed by atoms with Gasteiger partial charge in [0.2, 0.25) is 6.54 Å². The summed E-state index contributed by atoms with van der Waals surface area (Å²) in [5, 5.41) is 2.29. The monoisotopic (exact) mass is 598 g/mol. The Kier molecular flexibility index (Phi) is 8.36. The molecule has 1 saturated heterocycles. The van der Waals surface area contributed by atoms with Gasteiger partial charge < -0.3 is 24.3 Å². The molecule has 0 bridgehead atoms. The number of piperazine rings is 1. The predicted molar refractivity (Wildman–Crippen MR) is 168 cm³/mol. The van der Waals surface area contributed by atoms with Crippen molar-refractivity contribution in [1.29, 1.82) is 0 Å². The quantitative estimate of drug-likeness (QED) is 0.268. The van der Waals surface area contributed by atoms with Gasteiger partial charge >= 0.3 is 6.01 Å². The largest absolute Gasteiger partial charge is 0.459 e. The molecule has 3 aromatic rings. The molecular weight excluding hydrogens is 559 g/mol. The van der Waals surface area contributed by atoms with Gasteiger partial charge in [0.1, 0.15) is 18.0 Å². The summed E-state index contributed by atoms with van der Waals surface area (Å²) in [6, 6.07) is 6.72. The molecule has 1 aromatic carbocycles. The molecule has 1 saturated carbocycles. The number of rotatable bonds is 9. The van der Waals surface area contributed by atoms with Crippen molar-refractivity contribution in [2.75, 3.05) is 56.1 Å². The summed E-state index contributed by atoms with van der Waals surface area (Å²) in [7, 11) is 2.12. The van der Waals surface area contributed by atoms with Crippen LogP contribution in [0.4, 0.5) is 15.9 Å². The van der Waals surface area contributed by atoms with Gasteiger partial charge in [0, 0.05) is 61.3 Å². The molecule has 2 atom stereocenters. The first kappa shape index (κ1) is 29.8. The lowest BCUT2D eigenvalue weighted by Gasteiger charge is -2.41. The number of carbonyl (C=O) groups excluding carboxylic acids is 1. The minimum atomic E-state index is -1.01. The van der Waals surface area contributed by atoms with E-state index in [1.807, 2.05) is 19.3 Å². The van der Waals surface area contributed by atoms with Crippen molar-refractivity contribution in [3.63, 3.8) is 0 Å². The Hall–Kier alpha value is -4.30. The average Bonchev–Trinajstić information content (AvgIpc) is 3.86. The maximum atomic E-state index is 13.8. The summed E-state index contributed by atoms with van der Waals surface area (Å²) >= 11 is 0. The van der Waals surface area contributed by atoms with E-state index in [1.165, 1.54) is 28.7 Å². The SMILES string of the molecule is [C-]#[N+]C[C@H]1CN(c2nc(O[C@@H](C)CN(C)C3CC3)nc3c2CCN(c2cncc4cccc(C)c24)C3)CCN1C(=O)C(=C)F. The molecule has 11 heteroatoms. The summed E-state index contributed by atoms with van der Waals surface area (Å²) in [6.45, 7) is 18.1. The Morgan fingerprint density at radius 1 is 1.23 bits per heavy atom. The number of nitrogens with zero attached hydrogens (tertiary/aromatic N) is 8. The molecule has 3 aliphatic rings. The van der Waals surface area contributed by atoms with Crippen LogP contribution in [0.2, 0.25) is 0 Å². The van der Waals surface area contributed by atoms with Crippen molar-refractivity contribution in [2.24, 2.45) is 0 Å². The molecule has 4 heterocycles. The van der Waals surface area contributed by atoms with Crippen molar-refractivity contribution in [3.8, 4) is 6.01 Å². The number of pyridine rings is 1. The fraction of sp³-hybridized carbons (Fsp3) is 0.485. The normalized spacial score (nSPS) is 19.1. The fourth-order valence-electron chi connectivity index (χ4n) is 6.57. The molecule has 2 fully saturated rings. The fourth-order valence-corrected chi connectivity index (χ4v) is 6.57. The first-order valence-corrected chi connectivity index (χ1v) is 15.3. The third-order valence-electron chi connectivity index (χ3n) is 8.93. The number of amides is 1. The number of aromatic nitrogens is 3. The molecule has 10 nitrogen and oxygen atoms in total. The maximum Gasteiger partial charge on any atom is 0.318 e. The molecule has 0 radical (unpaired) electrons.